The van der Waals surface area contributed by atoms with E-state index in [1.165, 1.54) is 29.2 Å². The number of aryl methyl sites for hydroxylation is 2. The maximum atomic E-state index is 14.5. The summed E-state index contributed by atoms with van der Waals surface area (Å²) in [4.78, 5) is 66.4. The summed E-state index contributed by atoms with van der Waals surface area (Å²) in [6.07, 6.45) is 7.40. The zero-order valence-corrected chi connectivity index (χ0v) is 31.2. The first-order valence-corrected chi connectivity index (χ1v) is 19.9. The number of hydrogen-bond acceptors (Lipinski definition) is 11. The van der Waals surface area contributed by atoms with Crippen molar-refractivity contribution in [2.24, 2.45) is 5.92 Å². The van der Waals surface area contributed by atoms with Gasteiger partial charge in [0.25, 0.3) is 11.8 Å². The van der Waals surface area contributed by atoms with Crippen LogP contribution in [0.15, 0.2) is 40.9 Å². The van der Waals surface area contributed by atoms with Gasteiger partial charge in [-0.25, -0.2) is 22.8 Å². The van der Waals surface area contributed by atoms with Gasteiger partial charge in [-0.3, -0.25) is 23.9 Å². The number of allylic oxidation sites excluding steroid dienone is 1. The van der Waals surface area contributed by atoms with E-state index in [9.17, 15) is 32.0 Å². The van der Waals surface area contributed by atoms with Gasteiger partial charge in [0, 0.05) is 24.5 Å². The van der Waals surface area contributed by atoms with Crippen LogP contribution in [0.3, 0.4) is 0 Å². The molecule has 1 unspecified atom stereocenters. The average Bonchev–Trinajstić information content (AvgIpc) is 3.93. The van der Waals surface area contributed by atoms with Crippen molar-refractivity contribution in [1.29, 1.82) is 0 Å². The second-order valence-electron chi connectivity index (χ2n) is 15.0. The molecular weight excluding hydrogens is 722 g/mol. The van der Waals surface area contributed by atoms with Crippen molar-refractivity contribution < 1.29 is 41.2 Å². The molecule has 1 saturated heterocycles. The summed E-state index contributed by atoms with van der Waals surface area (Å²) in [6.45, 7) is 4.98. The Morgan fingerprint density at radius 2 is 1.93 bits per heavy atom. The number of carbonyl (C=O) groups excluding carboxylic acids is 4. The van der Waals surface area contributed by atoms with Crippen LogP contribution < -0.4 is 20.1 Å². The molecule has 7 rings (SSSR count). The minimum atomic E-state index is -4.01. The Hall–Kier alpha value is -4.93. The van der Waals surface area contributed by atoms with Crippen LogP contribution in [0.5, 0.6) is 5.88 Å². The van der Waals surface area contributed by atoms with E-state index in [0.717, 1.165) is 12.8 Å². The minimum absolute atomic E-state index is 0.000553. The Balaban J connectivity index is 1.21. The third kappa shape index (κ3) is 7.42. The third-order valence-electron chi connectivity index (χ3n) is 10.9. The molecule has 3 N–H and O–H groups in total. The fourth-order valence-electron chi connectivity index (χ4n) is 7.18. The third-order valence-corrected chi connectivity index (χ3v) is 13.1. The topological polar surface area (TPSA) is 203 Å². The molecule has 54 heavy (non-hydrogen) atoms. The summed E-state index contributed by atoms with van der Waals surface area (Å²) >= 11 is 0. The largest absolute Gasteiger partial charge is 0.471 e. The molecule has 5 atom stereocenters. The predicted octanol–water partition coefficient (Wildman–Crippen LogP) is 3.17. The van der Waals surface area contributed by atoms with Crippen LogP contribution >= 0.6 is 0 Å². The molecule has 288 valence electrons. The monoisotopic (exact) mass is 765 g/mol. The van der Waals surface area contributed by atoms with Gasteiger partial charge in [-0.2, -0.15) is 0 Å². The zero-order valence-electron chi connectivity index (χ0n) is 30.4. The number of nitrogens with zero attached hydrogens (tertiary/aromatic N) is 4. The van der Waals surface area contributed by atoms with Gasteiger partial charge in [0.05, 0.1) is 22.3 Å². The van der Waals surface area contributed by atoms with E-state index in [2.05, 4.69) is 30.5 Å². The molecule has 1 aromatic carbocycles. The highest BCUT2D eigenvalue weighted by Crippen LogP contribution is 2.47. The van der Waals surface area contributed by atoms with Crippen molar-refractivity contribution in [2.75, 3.05) is 6.54 Å². The number of amides is 4. The van der Waals surface area contributed by atoms with E-state index < -0.39 is 73.9 Å². The Bertz CT molecular complexity index is 2140. The van der Waals surface area contributed by atoms with E-state index in [1.807, 2.05) is 19.1 Å². The lowest BCUT2D eigenvalue weighted by Crippen LogP contribution is -2.58. The molecule has 3 aromatic rings. The highest BCUT2D eigenvalue weighted by Gasteiger charge is 2.63. The maximum Gasteiger partial charge on any atom is 0.274 e. The first-order valence-electron chi connectivity index (χ1n) is 18.4. The second-order valence-corrected chi connectivity index (χ2v) is 17.2. The molecule has 2 aromatic heterocycles. The van der Waals surface area contributed by atoms with Crippen LogP contribution in [0.4, 0.5) is 4.39 Å². The SMILES string of the molecule is CCc1nc2ccc(F)cc2nc1O[C@@H]1C[C@H]2C(=O)N[C@]3(C(=O)NS(=O)(=O)C4(C)CC4)C[C@H]3/C=C\CCCCCC(NC(=O)c3cc(C)on3)C(=O)N2C1. The van der Waals surface area contributed by atoms with E-state index in [0.29, 0.717) is 49.1 Å². The highest BCUT2D eigenvalue weighted by atomic mass is 32.2. The molecule has 0 spiro atoms. The Kier molecular flexibility index (Phi) is 9.95. The molecule has 3 fully saturated rings. The fraction of sp³-hybridized carbons (Fsp3) is 0.541. The molecular formula is C37H44FN7O8S. The standard InChI is InChI=1S/C37H44FN7O8S/c1-4-25-33(41-28-17-23(38)12-13-26(28)39-25)52-24-18-30-32(47)42-37(35(49)44-54(50,51)36(3)14-15-36)19-22(37)10-8-6-5-7-9-11-27(34(48)45(30)20-24)40-31(46)29-16-21(2)53-43-29/h8,10,12-13,16-17,22,24,27,30H,4-7,9,11,14-15,18-20H2,1-3H3,(H,40,46)(H,42,47)(H,44,49)/b10-8-/t22-,24-,27?,30+,37-/m1/s1. The molecule has 17 heteroatoms. The van der Waals surface area contributed by atoms with Gasteiger partial charge in [0.15, 0.2) is 5.69 Å². The van der Waals surface area contributed by atoms with Crippen molar-refractivity contribution in [3.63, 3.8) is 0 Å². The number of hydrogen-bond donors (Lipinski definition) is 3. The van der Waals surface area contributed by atoms with Crippen LogP contribution in [0.25, 0.3) is 11.0 Å². The van der Waals surface area contributed by atoms with E-state index >= 15 is 0 Å². The lowest BCUT2D eigenvalue weighted by molar-refractivity contribution is -0.141. The fourth-order valence-corrected chi connectivity index (χ4v) is 8.49. The summed E-state index contributed by atoms with van der Waals surface area (Å²) in [5, 5.41) is 9.42. The van der Waals surface area contributed by atoms with Gasteiger partial charge >= 0.3 is 0 Å². The second kappa shape index (κ2) is 14.4. The summed E-state index contributed by atoms with van der Waals surface area (Å²) < 4.78 is 53.0. The quantitative estimate of drug-likeness (QED) is 0.284. The van der Waals surface area contributed by atoms with Crippen molar-refractivity contribution in [3.05, 3.63) is 59.4 Å². The van der Waals surface area contributed by atoms with Gasteiger partial charge < -0.3 is 24.8 Å². The van der Waals surface area contributed by atoms with Crippen LogP contribution in [0, 0.1) is 18.7 Å². The van der Waals surface area contributed by atoms with Crippen molar-refractivity contribution >= 4 is 44.7 Å². The molecule has 0 radical (unpaired) electrons. The van der Waals surface area contributed by atoms with Crippen LogP contribution in [-0.4, -0.2) is 87.1 Å². The normalized spacial score (nSPS) is 27.4. The van der Waals surface area contributed by atoms with E-state index in [4.69, 9.17) is 9.26 Å². The predicted molar refractivity (Wildman–Crippen MR) is 192 cm³/mol. The van der Waals surface area contributed by atoms with Gasteiger partial charge in [0.2, 0.25) is 27.7 Å². The molecule has 15 nitrogen and oxygen atoms in total. The molecule has 4 heterocycles. The number of nitrogens with one attached hydrogen (secondary N) is 3. The number of aromatic nitrogens is 3. The number of sulfonamides is 1. The van der Waals surface area contributed by atoms with Crippen LogP contribution in [0.1, 0.15) is 93.6 Å². The average molecular weight is 766 g/mol. The Labute approximate surface area is 311 Å². The summed E-state index contributed by atoms with van der Waals surface area (Å²) in [5.41, 5.74) is -0.313. The number of benzene rings is 1. The molecule has 2 aliphatic heterocycles. The number of halogens is 1. The van der Waals surface area contributed by atoms with E-state index in [1.54, 1.807) is 13.8 Å². The highest BCUT2D eigenvalue weighted by molar-refractivity contribution is 7.91. The van der Waals surface area contributed by atoms with Gasteiger partial charge in [-0.15, -0.1) is 0 Å². The van der Waals surface area contributed by atoms with Crippen LogP contribution in [-0.2, 0) is 30.8 Å². The van der Waals surface area contributed by atoms with Gasteiger partial charge in [-0.1, -0.05) is 37.1 Å². The van der Waals surface area contributed by atoms with Gasteiger partial charge in [-0.05, 0) is 70.9 Å². The van der Waals surface area contributed by atoms with Crippen molar-refractivity contribution in [3.8, 4) is 5.88 Å². The first-order chi connectivity index (χ1) is 25.7. The smallest absolute Gasteiger partial charge is 0.274 e. The minimum Gasteiger partial charge on any atom is -0.471 e. The molecule has 4 aliphatic rings. The number of rotatable bonds is 8. The molecule has 2 aliphatic carbocycles. The summed E-state index contributed by atoms with van der Waals surface area (Å²) in [6, 6.07) is 3.28. The Morgan fingerprint density at radius 3 is 2.65 bits per heavy atom. The van der Waals surface area contributed by atoms with E-state index in [-0.39, 0.29) is 42.9 Å². The zero-order chi connectivity index (χ0) is 38.4. The molecule has 2 saturated carbocycles. The molecule has 0 bridgehead atoms. The van der Waals surface area contributed by atoms with Crippen molar-refractivity contribution in [1.82, 2.24) is 35.4 Å². The lowest BCUT2D eigenvalue weighted by Gasteiger charge is -2.30. The van der Waals surface area contributed by atoms with Gasteiger partial charge in [0.1, 0.15) is 41.0 Å². The lowest BCUT2D eigenvalue weighted by atomic mass is 10.0. The number of carbonyl (C=O) groups is 4. The summed E-state index contributed by atoms with van der Waals surface area (Å²) in [7, 11) is -4.01. The summed E-state index contributed by atoms with van der Waals surface area (Å²) in [5.74, 6) is -3.09. The molecule has 4 amide bonds. The maximum absolute atomic E-state index is 14.5. The number of fused-ring (bicyclic) bond motifs is 3. The van der Waals surface area contributed by atoms with Crippen LogP contribution in [0.2, 0.25) is 0 Å². The number of ether oxygens (including phenoxy) is 1. The Morgan fingerprint density at radius 1 is 1.13 bits per heavy atom. The first kappa shape index (κ1) is 37.4. The van der Waals surface area contributed by atoms with Crippen molar-refractivity contribution in [2.45, 2.75) is 113 Å².